The minimum atomic E-state index is -0.554. The number of aliphatic imine (C=N–C) groups is 1. The first kappa shape index (κ1) is 29.8. The molecule has 5 heteroatoms. The van der Waals surface area contributed by atoms with Crippen molar-refractivity contribution in [3.8, 4) is 5.69 Å². The first-order chi connectivity index (χ1) is 24.1. The lowest BCUT2D eigenvalue weighted by atomic mass is 9.91. The minimum Gasteiger partial charge on any atom is -0.319 e. The number of fused-ring (bicyclic) bond motifs is 7. The van der Waals surface area contributed by atoms with E-state index in [-0.39, 0.29) is 0 Å². The number of thiophene rings is 1. The van der Waals surface area contributed by atoms with Crippen molar-refractivity contribution >= 4 is 65.0 Å². The fourth-order valence-electron chi connectivity index (χ4n) is 7.68. The van der Waals surface area contributed by atoms with Gasteiger partial charge in [-0.3, -0.25) is 4.99 Å². The summed E-state index contributed by atoms with van der Waals surface area (Å²) in [4.78, 5) is 5.18. The van der Waals surface area contributed by atoms with Gasteiger partial charge in [-0.25, -0.2) is 0 Å². The molecular weight excluding hydrogens is 617 g/mol. The van der Waals surface area contributed by atoms with Crippen LogP contribution in [0.1, 0.15) is 59.4 Å². The number of benzene rings is 6. The van der Waals surface area contributed by atoms with E-state index in [4.69, 9.17) is 16.5 Å². The normalized spacial score (nSPS) is 16.1. The van der Waals surface area contributed by atoms with Gasteiger partial charge in [0.15, 0.2) is 0 Å². The molecule has 0 saturated carbocycles. The van der Waals surface area contributed by atoms with Gasteiger partial charge >= 0.3 is 0 Å². The van der Waals surface area contributed by atoms with Crippen LogP contribution in [0.2, 0.25) is 0 Å². The van der Waals surface area contributed by atoms with Crippen LogP contribution in [0.3, 0.4) is 0 Å². The lowest BCUT2D eigenvalue weighted by Crippen LogP contribution is -2.25. The lowest BCUT2D eigenvalue weighted by Gasteiger charge is -2.23. The molecule has 1 aliphatic rings. The SMILES string of the molecule is CC1CC=Cc2c1n(-c1ccc(/C(=N/C(N)c3ccccc3)[C@H](N)c3ccccc3)c3ccccc13)c1cc3sc4ccccc4c3cc21. The monoisotopic (exact) mass is 652 g/mol. The predicted molar refractivity (Wildman–Crippen MR) is 209 cm³/mol. The van der Waals surface area contributed by atoms with Crippen molar-refractivity contribution in [2.24, 2.45) is 16.5 Å². The van der Waals surface area contributed by atoms with Gasteiger partial charge in [0.25, 0.3) is 0 Å². The summed E-state index contributed by atoms with van der Waals surface area (Å²) in [5.41, 5.74) is 22.6. The zero-order chi connectivity index (χ0) is 33.1. The Morgan fingerprint density at radius 1 is 0.694 bits per heavy atom. The molecule has 0 spiro atoms. The highest BCUT2D eigenvalue weighted by Gasteiger charge is 2.27. The largest absolute Gasteiger partial charge is 0.319 e. The lowest BCUT2D eigenvalue weighted by molar-refractivity contribution is 0.724. The smallest absolute Gasteiger partial charge is 0.123 e. The number of nitrogens with zero attached hydrogens (tertiary/aromatic N) is 2. The van der Waals surface area contributed by atoms with Gasteiger partial charge < -0.3 is 16.0 Å². The zero-order valence-corrected chi connectivity index (χ0v) is 28.1. The summed E-state index contributed by atoms with van der Waals surface area (Å²) in [6, 6.07) is 46.5. The van der Waals surface area contributed by atoms with Gasteiger partial charge in [0.2, 0.25) is 0 Å². The molecule has 2 aromatic heterocycles. The number of rotatable bonds is 6. The van der Waals surface area contributed by atoms with Gasteiger partial charge in [-0.15, -0.1) is 11.3 Å². The summed E-state index contributed by atoms with van der Waals surface area (Å²) in [7, 11) is 0. The van der Waals surface area contributed by atoms with E-state index < -0.39 is 12.2 Å². The van der Waals surface area contributed by atoms with Crippen LogP contribution in [0.5, 0.6) is 0 Å². The Morgan fingerprint density at radius 3 is 2.14 bits per heavy atom. The van der Waals surface area contributed by atoms with Crippen LogP contribution in [0.25, 0.3) is 53.6 Å². The van der Waals surface area contributed by atoms with Gasteiger partial charge in [0.1, 0.15) is 6.17 Å². The van der Waals surface area contributed by atoms with Gasteiger partial charge in [-0.2, -0.15) is 0 Å². The molecule has 2 heterocycles. The molecule has 8 aromatic rings. The van der Waals surface area contributed by atoms with E-state index in [1.54, 1.807) is 0 Å². The first-order valence-corrected chi connectivity index (χ1v) is 17.8. The van der Waals surface area contributed by atoms with Crippen LogP contribution in [0.4, 0.5) is 0 Å². The molecule has 4 nitrogen and oxygen atoms in total. The molecule has 0 fully saturated rings. The number of hydrogen-bond acceptors (Lipinski definition) is 4. The Bertz CT molecular complexity index is 2580. The summed E-state index contributed by atoms with van der Waals surface area (Å²) < 4.78 is 5.15. The van der Waals surface area contributed by atoms with Crippen LogP contribution >= 0.6 is 11.3 Å². The van der Waals surface area contributed by atoms with E-state index in [1.807, 2.05) is 59.9 Å². The second-order valence-electron chi connectivity index (χ2n) is 13.1. The quantitative estimate of drug-likeness (QED) is 0.176. The van der Waals surface area contributed by atoms with E-state index in [0.29, 0.717) is 5.92 Å². The Kier molecular flexibility index (Phi) is 7.28. The standard InChI is InChI=1S/C44H36N4S/c1-27-13-12-21-34-35-25-36-32-20-10-11-22-39(32)49-40(36)26-38(35)48(43(27)34)37-24-23-33(30-18-8-9-19-31(30)37)42(41(45)28-14-4-2-5-15-28)47-44(46)29-16-6-3-7-17-29/h2-12,14-27,41,44H,13,45-46H2,1H3/b47-42-/t27?,41-,44?/m1/s1. The molecule has 0 radical (unpaired) electrons. The maximum Gasteiger partial charge on any atom is 0.123 e. The van der Waals surface area contributed by atoms with E-state index in [2.05, 4.69) is 109 Å². The van der Waals surface area contributed by atoms with Crippen molar-refractivity contribution < 1.29 is 0 Å². The van der Waals surface area contributed by atoms with Crippen LogP contribution in [-0.2, 0) is 0 Å². The average Bonchev–Trinajstić information content (AvgIpc) is 3.68. The molecule has 4 N–H and O–H groups in total. The maximum atomic E-state index is 7.09. The third-order valence-corrected chi connectivity index (χ3v) is 11.2. The Balaban J connectivity index is 1.30. The average molecular weight is 653 g/mol. The van der Waals surface area contributed by atoms with Crippen molar-refractivity contribution in [1.82, 2.24) is 4.57 Å². The van der Waals surface area contributed by atoms with E-state index >= 15 is 0 Å². The van der Waals surface area contributed by atoms with E-state index in [9.17, 15) is 0 Å². The van der Waals surface area contributed by atoms with Crippen LogP contribution in [0, 0.1) is 0 Å². The molecule has 3 atom stereocenters. The molecular formula is C44H36N4S. The maximum absolute atomic E-state index is 7.09. The fraction of sp³-hybridized carbons (Fsp3) is 0.114. The predicted octanol–water partition coefficient (Wildman–Crippen LogP) is 10.8. The molecule has 0 amide bonds. The van der Waals surface area contributed by atoms with Gasteiger partial charge in [-0.1, -0.05) is 128 Å². The van der Waals surface area contributed by atoms with Gasteiger partial charge in [-0.05, 0) is 47.2 Å². The third-order valence-electron chi connectivity index (χ3n) is 10.1. The molecule has 238 valence electrons. The van der Waals surface area contributed by atoms with E-state index in [1.165, 1.54) is 42.3 Å². The van der Waals surface area contributed by atoms with Gasteiger partial charge in [0, 0.05) is 53.7 Å². The van der Waals surface area contributed by atoms with Crippen molar-refractivity contribution in [2.45, 2.75) is 31.5 Å². The highest BCUT2D eigenvalue weighted by atomic mass is 32.1. The Hall–Kier alpha value is -5.33. The number of hydrogen-bond donors (Lipinski definition) is 2. The van der Waals surface area contributed by atoms with Gasteiger partial charge in [0.05, 0.1) is 23.0 Å². The minimum absolute atomic E-state index is 0.369. The first-order valence-electron chi connectivity index (χ1n) is 16.9. The number of nitrogens with two attached hydrogens (primary N) is 2. The van der Waals surface area contributed by atoms with Crippen molar-refractivity contribution in [3.63, 3.8) is 0 Å². The van der Waals surface area contributed by atoms with E-state index in [0.717, 1.165) is 45.3 Å². The van der Waals surface area contributed by atoms with Crippen molar-refractivity contribution in [3.05, 3.63) is 167 Å². The molecule has 9 rings (SSSR count). The van der Waals surface area contributed by atoms with Crippen molar-refractivity contribution in [2.75, 3.05) is 0 Å². The second-order valence-corrected chi connectivity index (χ2v) is 14.2. The molecule has 6 aromatic carbocycles. The Labute approximate surface area is 289 Å². The molecule has 0 saturated heterocycles. The highest BCUT2D eigenvalue weighted by molar-refractivity contribution is 7.25. The molecule has 0 aliphatic heterocycles. The van der Waals surface area contributed by atoms with Crippen LogP contribution < -0.4 is 11.5 Å². The third kappa shape index (κ3) is 4.93. The number of allylic oxidation sites excluding steroid dienone is 1. The second kappa shape index (κ2) is 12.0. The highest BCUT2D eigenvalue weighted by Crippen LogP contribution is 2.45. The molecule has 49 heavy (non-hydrogen) atoms. The summed E-state index contributed by atoms with van der Waals surface area (Å²) in [6.07, 6.45) is 5.12. The summed E-state index contributed by atoms with van der Waals surface area (Å²) in [5.74, 6) is 0.369. The van der Waals surface area contributed by atoms with Crippen LogP contribution in [0.15, 0.2) is 145 Å². The zero-order valence-electron chi connectivity index (χ0n) is 27.3. The summed E-state index contributed by atoms with van der Waals surface area (Å²) >= 11 is 1.87. The summed E-state index contributed by atoms with van der Waals surface area (Å²) in [6.45, 7) is 2.35. The molecule has 0 bridgehead atoms. The van der Waals surface area contributed by atoms with Crippen LogP contribution in [-0.4, -0.2) is 10.3 Å². The Morgan fingerprint density at radius 2 is 1.37 bits per heavy atom. The molecule has 1 aliphatic carbocycles. The summed E-state index contributed by atoms with van der Waals surface area (Å²) in [5, 5.41) is 6.19. The topological polar surface area (TPSA) is 69.3 Å². The fourth-order valence-corrected chi connectivity index (χ4v) is 8.80. The number of aromatic nitrogens is 1. The molecule has 2 unspecified atom stereocenters. The van der Waals surface area contributed by atoms with Crippen molar-refractivity contribution in [1.29, 1.82) is 0 Å².